The van der Waals surface area contributed by atoms with Gasteiger partial charge in [-0.05, 0) is 80.5 Å². The highest BCUT2D eigenvalue weighted by molar-refractivity contribution is 5.66. The van der Waals surface area contributed by atoms with Crippen LogP contribution in [0, 0.1) is 52.8 Å². The Morgan fingerprint density at radius 3 is 2.28 bits per heavy atom. The fraction of sp³-hybridized carbons (Fsp3) is 0.840. The first-order chi connectivity index (χ1) is 13.7. The molecule has 4 aliphatic carbocycles. The summed E-state index contributed by atoms with van der Waals surface area (Å²) in [6.45, 7) is 7.83. The molecule has 4 saturated carbocycles. The van der Waals surface area contributed by atoms with Gasteiger partial charge in [0.25, 0.3) is 0 Å². The minimum Gasteiger partial charge on any atom is -0.462 e. The van der Waals surface area contributed by atoms with Gasteiger partial charge in [-0.15, -0.1) is 6.42 Å². The first kappa shape index (κ1) is 20.8. The fourth-order valence-corrected chi connectivity index (χ4v) is 8.13. The SMILES string of the molecule is C#C[C@H]1C[C@@H]2CC[C@@H]3[C@H](CC[C@]4(C)[C@@H](OC(C)=O)CC[C@@H]34)[C@@]2(C)C[C@H]1OC(C)=O. The Labute approximate surface area is 175 Å². The van der Waals surface area contributed by atoms with Crippen LogP contribution in [-0.4, -0.2) is 24.1 Å². The van der Waals surface area contributed by atoms with E-state index in [9.17, 15) is 9.59 Å². The summed E-state index contributed by atoms with van der Waals surface area (Å²) >= 11 is 0. The monoisotopic (exact) mass is 400 g/mol. The molecule has 0 aliphatic heterocycles. The average Bonchev–Trinajstić information content (AvgIpc) is 2.96. The molecule has 4 fully saturated rings. The molecule has 4 rings (SSSR count). The average molecular weight is 401 g/mol. The van der Waals surface area contributed by atoms with Crippen LogP contribution in [0.15, 0.2) is 0 Å². The molecule has 160 valence electrons. The highest BCUT2D eigenvalue weighted by Gasteiger charge is 2.62. The first-order valence-electron chi connectivity index (χ1n) is 11.5. The zero-order valence-electron chi connectivity index (χ0n) is 18.4. The van der Waals surface area contributed by atoms with Crippen molar-refractivity contribution in [1.82, 2.24) is 0 Å². The molecule has 0 aromatic carbocycles. The van der Waals surface area contributed by atoms with Gasteiger partial charge in [-0.2, -0.15) is 0 Å². The van der Waals surface area contributed by atoms with Gasteiger partial charge >= 0.3 is 11.9 Å². The molecule has 0 saturated heterocycles. The maximum Gasteiger partial charge on any atom is 0.302 e. The van der Waals surface area contributed by atoms with E-state index in [0.29, 0.717) is 23.7 Å². The number of hydrogen-bond donors (Lipinski definition) is 0. The Bertz CT molecular complexity index is 723. The zero-order valence-corrected chi connectivity index (χ0v) is 18.4. The molecule has 0 heterocycles. The molecule has 0 bridgehead atoms. The number of terminal acetylenes is 1. The fourth-order valence-electron chi connectivity index (χ4n) is 8.13. The third-order valence-electron chi connectivity index (χ3n) is 9.45. The largest absolute Gasteiger partial charge is 0.462 e. The van der Waals surface area contributed by atoms with E-state index in [2.05, 4.69) is 19.8 Å². The molecule has 0 aromatic heterocycles. The number of rotatable bonds is 2. The van der Waals surface area contributed by atoms with Gasteiger partial charge in [-0.25, -0.2) is 0 Å². The summed E-state index contributed by atoms with van der Waals surface area (Å²) in [4.78, 5) is 23.3. The summed E-state index contributed by atoms with van der Waals surface area (Å²) in [5, 5.41) is 0. The summed E-state index contributed by atoms with van der Waals surface area (Å²) in [5.41, 5.74) is 0.290. The van der Waals surface area contributed by atoms with E-state index in [-0.39, 0.29) is 40.9 Å². The maximum atomic E-state index is 11.7. The second-order valence-electron chi connectivity index (χ2n) is 10.7. The topological polar surface area (TPSA) is 52.6 Å². The molecule has 29 heavy (non-hydrogen) atoms. The highest BCUT2D eigenvalue weighted by Crippen LogP contribution is 2.67. The highest BCUT2D eigenvalue weighted by atomic mass is 16.5. The molecule has 9 atom stereocenters. The standard InChI is InChI=1S/C25H36O4/c1-6-17-13-18-7-8-19-20-9-10-23(29-16(3)27)24(20,4)12-11-21(19)25(18,5)14-22(17)28-15(2)26/h1,17-23H,7-14H2,2-5H3/t17-,18-,19-,20-,21-,22+,23-,24-,25-/m0/s1. The minimum absolute atomic E-state index is 0.0437. The van der Waals surface area contributed by atoms with Crippen molar-refractivity contribution in [2.45, 2.75) is 91.3 Å². The van der Waals surface area contributed by atoms with E-state index in [0.717, 1.165) is 32.1 Å². The predicted octanol–water partition coefficient (Wildman–Crippen LogP) is 4.75. The van der Waals surface area contributed by atoms with Crippen LogP contribution in [0.25, 0.3) is 0 Å². The molecule has 0 unspecified atom stereocenters. The molecule has 4 nitrogen and oxygen atoms in total. The Morgan fingerprint density at radius 1 is 0.931 bits per heavy atom. The van der Waals surface area contributed by atoms with E-state index in [1.165, 1.54) is 33.1 Å². The van der Waals surface area contributed by atoms with Crippen LogP contribution in [0.1, 0.15) is 79.1 Å². The molecule has 4 heteroatoms. The molecule has 4 aliphatic rings. The number of carbonyl (C=O) groups is 2. The lowest BCUT2D eigenvalue weighted by atomic mass is 9.44. The van der Waals surface area contributed by atoms with Gasteiger partial charge in [0.05, 0.1) is 5.92 Å². The van der Waals surface area contributed by atoms with Crippen molar-refractivity contribution in [3.05, 3.63) is 0 Å². The Hall–Kier alpha value is -1.50. The normalized spacial score (nSPS) is 48.4. The van der Waals surface area contributed by atoms with E-state index in [1.807, 2.05) is 0 Å². The third kappa shape index (κ3) is 3.29. The quantitative estimate of drug-likeness (QED) is 0.496. The van der Waals surface area contributed by atoms with Crippen molar-refractivity contribution in [2.75, 3.05) is 0 Å². The lowest BCUT2D eigenvalue weighted by Gasteiger charge is -2.61. The van der Waals surface area contributed by atoms with E-state index in [4.69, 9.17) is 15.9 Å². The van der Waals surface area contributed by atoms with Crippen molar-refractivity contribution in [3.8, 4) is 12.3 Å². The lowest BCUT2D eigenvalue weighted by Crippen LogP contribution is -2.56. The molecule has 0 radical (unpaired) electrons. The predicted molar refractivity (Wildman–Crippen MR) is 111 cm³/mol. The first-order valence-corrected chi connectivity index (χ1v) is 11.5. The van der Waals surface area contributed by atoms with Crippen LogP contribution >= 0.6 is 0 Å². The summed E-state index contributed by atoms with van der Waals surface area (Å²) in [5.74, 6) is 5.16. The van der Waals surface area contributed by atoms with Crippen LogP contribution in [0.4, 0.5) is 0 Å². The van der Waals surface area contributed by atoms with Gasteiger partial charge in [0.15, 0.2) is 0 Å². The molecular weight excluding hydrogens is 364 g/mol. The number of fused-ring (bicyclic) bond motifs is 5. The Balaban J connectivity index is 1.58. The second-order valence-corrected chi connectivity index (χ2v) is 10.7. The summed E-state index contributed by atoms with van der Waals surface area (Å²) in [7, 11) is 0. The zero-order chi connectivity index (χ0) is 21.0. The van der Waals surface area contributed by atoms with Gasteiger partial charge in [0.1, 0.15) is 12.2 Å². The van der Waals surface area contributed by atoms with Crippen LogP contribution in [0.3, 0.4) is 0 Å². The van der Waals surface area contributed by atoms with Crippen molar-refractivity contribution in [1.29, 1.82) is 0 Å². The summed E-state index contributed by atoms with van der Waals surface area (Å²) in [6.07, 6.45) is 14.6. The van der Waals surface area contributed by atoms with Gasteiger partial charge in [-0.1, -0.05) is 19.8 Å². The van der Waals surface area contributed by atoms with Crippen molar-refractivity contribution < 1.29 is 19.1 Å². The Kier molecular flexibility index (Phi) is 5.24. The van der Waals surface area contributed by atoms with Crippen LogP contribution in [0.5, 0.6) is 0 Å². The van der Waals surface area contributed by atoms with Gasteiger partial charge in [0.2, 0.25) is 0 Å². The van der Waals surface area contributed by atoms with Crippen LogP contribution < -0.4 is 0 Å². The molecular formula is C25H36O4. The van der Waals surface area contributed by atoms with E-state index in [1.54, 1.807) is 0 Å². The molecule has 0 spiro atoms. The smallest absolute Gasteiger partial charge is 0.302 e. The lowest BCUT2D eigenvalue weighted by molar-refractivity contribution is -0.175. The van der Waals surface area contributed by atoms with Crippen molar-refractivity contribution in [2.24, 2.45) is 40.4 Å². The van der Waals surface area contributed by atoms with Gasteiger partial charge in [-0.3, -0.25) is 9.59 Å². The van der Waals surface area contributed by atoms with Crippen molar-refractivity contribution in [3.63, 3.8) is 0 Å². The summed E-state index contributed by atoms with van der Waals surface area (Å²) in [6, 6.07) is 0. The maximum absolute atomic E-state index is 11.7. The van der Waals surface area contributed by atoms with Crippen LogP contribution in [0.2, 0.25) is 0 Å². The third-order valence-corrected chi connectivity index (χ3v) is 9.45. The minimum atomic E-state index is -0.221. The van der Waals surface area contributed by atoms with Crippen molar-refractivity contribution >= 4 is 11.9 Å². The summed E-state index contributed by atoms with van der Waals surface area (Å²) < 4.78 is 11.5. The number of carbonyl (C=O) groups excluding carboxylic acids is 2. The molecule has 0 aromatic rings. The number of hydrogen-bond acceptors (Lipinski definition) is 4. The number of ether oxygens (including phenoxy) is 2. The Morgan fingerprint density at radius 2 is 1.62 bits per heavy atom. The molecule has 0 amide bonds. The second kappa shape index (κ2) is 7.33. The number of esters is 2. The molecule has 0 N–H and O–H groups in total. The van der Waals surface area contributed by atoms with Crippen LogP contribution in [-0.2, 0) is 19.1 Å². The van der Waals surface area contributed by atoms with Gasteiger partial charge < -0.3 is 9.47 Å². The van der Waals surface area contributed by atoms with E-state index < -0.39 is 0 Å². The van der Waals surface area contributed by atoms with E-state index >= 15 is 0 Å². The van der Waals surface area contributed by atoms with Gasteiger partial charge in [0, 0.05) is 19.3 Å².